The van der Waals surface area contributed by atoms with E-state index in [0.29, 0.717) is 5.69 Å². The van der Waals surface area contributed by atoms with Crippen LogP contribution in [0.25, 0.3) is 11.4 Å². The molecule has 0 spiro atoms. The number of carbonyl (C=O) groups excluding carboxylic acids is 1. The van der Waals surface area contributed by atoms with Crippen molar-refractivity contribution in [2.45, 2.75) is 32.2 Å². The van der Waals surface area contributed by atoms with Crippen LogP contribution in [-0.2, 0) is 13.0 Å². The molecule has 2 heterocycles. The number of carbonyl (C=O) groups is 1. The van der Waals surface area contributed by atoms with Gasteiger partial charge in [-0.15, -0.1) is 10.2 Å². The lowest BCUT2D eigenvalue weighted by molar-refractivity contribution is -0.384. The highest BCUT2D eigenvalue weighted by Crippen LogP contribution is 2.26. The molecule has 0 fully saturated rings. The van der Waals surface area contributed by atoms with Crippen molar-refractivity contribution in [1.29, 1.82) is 0 Å². The van der Waals surface area contributed by atoms with Gasteiger partial charge in [0.25, 0.3) is 11.6 Å². The topological polar surface area (TPSA) is 103 Å². The number of halogens is 1. The molecule has 1 aromatic heterocycles. The fraction of sp³-hybridized carbons (Fsp3) is 0.250. The van der Waals surface area contributed by atoms with Gasteiger partial charge in [0, 0.05) is 35.8 Å². The van der Waals surface area contributed by atoms with Crippen LogP contribution in [0.15, 0.2) is 42.5 Å². The van der Waals surface area contributed by atoms with Gasteiger partial charge in [0.05, 0.1) is 4.92 Å². The largest absolute Gasteiger partial charge is 0.322 e. The number of rotatable bonds is 4. The van der Waals surface area contributed by atoms with E-state index < -0.39 is 10.8 Å². The van der Waals surface area contributed by atoms with E-state index in [-0.39, 0.29) is 16.3 Å². The quantitative estimate of drug-likeness (QED) is 0.503. The SMILES string of the molecule is O=C(Nc1ccc(-c2nnc3n2CCCCC3)cc1)c1ccc(Cl)c([N+](=O)[O-])c1. The minimum Gasteiger partial charge on any atom is -0.322 e. The molecule has 1 amide bonds. The Labute approximate surface area is 171 Å². The van der Waals surface area contributed by atoms with Gasteiger partial charge >= 0.3 is 0 Å². The van der Waals surface area contributed by atoms with Gasteiger partial charge in [-0.1, -0.05) is 18.0 Å². The number of hydrogen-bond donors (Lipinski definition) is 1. The van der Waals surface area contributed by atoms with Crippen molar-refractivity contribution in [3.63, 3.8) is 0 Å². The first kappa shape index (κ1) is 19.1. The van der Waals surface area contributed by atoms with E-state index in [0.717, 1.165) is 49.1 Å². The first-order valence-electron chi connectivity index (χ1n) is 9.31. The Morgan fingerprint density at radius 3 is 2.66 bits per heavy atom. The van der Waals surface area contributed by atoms with Crippen molar-refractivity contribution in [2.24, 2.45) is 0 Å². The highest BCUT2D eigenvalue weighted by atomic mass is 35.5. The first-order chi connectivity index (χ1) is 14.0. The minimum atomic E-state index is -0.616. The lowest BCUT2D eigenvalue weighted by atomic mass is 10.1. The Balaban J connectivity index is 1.52. The highest BCUT2D eigenvalue weighted by molar-refractivity contribution is 6.32. The summed E-state index contributed by atoms with van der Waals surface area (Å²) in [6, 6.07) is 11.3. The average molecular weight is 412 g/mol. The second-order valence-corrected chi connectivity index (χ2v) is 7.26. The Morgan fingerprint density at radius 1 is 1.10 bits per heavy atom. The number of nitrogens with one attached hydrogen (secondary N) is 1. The average Bonchev–Trinajstić information content (AvgIpc) is 2.96. The number of amides is 1. The number of nitro groups is 1. The van der Waals surface area contributed by atoms with E-state index in [1.165, 1.54) is 18.6 Å². The smallest absolute Gasteiger partial charge is 0.288 e. The molecular formula is C20H18ClN5O3. The predicted octanol–water partition coefficient (Wildman–Crippen LogP) is 4.49. The van der Waals surface area contributed by atoms with E-state index in [1.807, 2.05) is 12.1 Å². The maximum absolute atomic E-state index is 12.4. The van der Waals surface area contributed by atoms with Gasteiger partial charge in [0.1, 0.15) is 10.8 Å². The molecule has 1 N–H and O–H groups in total. The fourth-order valence-corrected chi connectivity index (χ4v) is 3.58. The predicted molar refractivity (Wildman–Crippen MR) is 109 cm³/mol. The second kappa shape index (κ2) is 8.00. The van der Waals surface area contributed by atoms with Crippen molar-refractivity contribution in [1.82, 2.24) is 14.8 Å². The fourth-order valence-electron chi connectivity index (χ4n) is 3.40. The van der Waals surface area contributed by atoms with Crippen LogP contribution < -0.4 is 5.32 Å². The molecule has 148 valence electrons. The van der Waals surface area contributed by atoms with Gasteiger partial charge in [0.2, 0.25) is 0 Å². The van der Waals surface area contributed by atoms with E-state index in [4.69, 9.17) is 11.6 Å². The maximum Gasteiger partial charge on any atom is 0.288 e. The lowest BCUT2D eigenvalue weighted by Gasteiger charge is -2.09. The van der Waals surface area contributed by atoms with Crippen molar-refractivity contribution < 1.29 is 9.72 Å². The number of aromatic nitrogens is 3. The molecule has 1 aliphatic rings. The van der Waals surface area contributed by atoms with Crippen molar-refractivity contribution in [3.8, 4) is 11.4 Å². The Morgan fingerprint density at radius 2 is 1.90 bits per heavy atom. The zero-order valence-electron chi connectivity index (χ0n) is 15.5. The standard InChI is InChI=1S/C20H18ClN5O3/c21-16-10-7-14(12-17(16)26(28)29)20(27)22-15-8-5-13(6-9-15)19-24-23-18-4-2-1-3-11-25(18)19/h5-10,12H,1-4,11H2,(H,22,27). The van der Waals surface area contributed by atoms with Crippen molar-refractivity contribution in [2.75, 3.05) is 5.32 Å². The number of fused-ring (bicyclic) bond motifs is 1. The molecule has 0 saturated heterocycles. The highest BCUT2D eigenvalue weighted by Gasteiger charge is 2.18. The summed E-state index contributed by atoms with van der Waals surface area (Å²) in [5, 5.41) is 22.4. The number of nitro benzene ring substituents is 1. The summed E-state index contributed by atoms with van der Waals surface area (Å²) >= 11 is 5.80. The second-order valence-electron chi connectivity index (χ2n) is 6.86. The molecule has 9 heteroatoms. The van der Waals surface area contributed by atoms with Gasteiger partial charge in [-0.3, -0.25) is 14.9 Å². The lowest BCUT2D eigenvalue weighted by Crippen LogP contribution is -2.12. The summed E-state index contributed by atoms with van der Waals surface area (Å²) in [6.45, 7) is 0.908. The van der Waals surface area contributed by atoms with Crippen LogP contribution in [0.3, 0.4) is 0 Å². The van der Waals surface area contributed by atoms with Crippen LogP contribution in [0.4, 0.5) is 11.4 Å². The van der Waals surface area contributed by atoms with Crippen LogP contribution in [0.5, 0.6) is 0 Å². The van der Waals surface area contributed by atoms with Crippen LogP contribution >= 0.6 is 11.6 Å². The number of anilines is 1. The normalized spacial score (nSPS) is 13.4. The van der Waals surface area contributed by atoms with Crippen LogP contribution in [0.2, 0.25) is 5.02 Å². The summed E-state index contributed by atoms with van der Waals surface area (Å²) in [6.07, 6.45) is 4.37. The molecule has 0 aliphatic carbocycles. The summed E-state index contributed by atoms with van der Waals surface area (Å²) in [5.41, 5.74) is 1.35. The Hall–Kier alpha value is -3.26. The summed E-state index contributed by atoms with van der Waals surface area (Å²) in [7, 11) is 0. The van der Waals surface area contributed by atoms with Crippen LogP contribution in [0, 0.1) is 10.1 Å². The first-order valence-corrected chi connectivity index (χ1v) is 9.68. The molecule has 0 unspecified atom stereocenters. The van der Waals surface area contributed by atoms with Gasteiger partial charge in [-0.05, 0) is 49.2 Å². The molecule has 4 rings (SSSR count). The number of hydrogen-bond acceptors (Lipinski definition) is 5. The van der Waals surface area contributed by atoms with Gasteiger partial charge in [0.15, 0.2) is 5.82 Å². The molecule has 29 heavy (non-hydrogen) atoms. The molecule has 1 aliphatic heterocycles. The van der Waals surface area contributed by atoms with Crippen molar-refractivity contribution in [3.05, 3.63) is 69.0 Å². The zero-order valence-corrected chi connectivity index (χ0v) is 16.2. The monoisotopic (exact) mass is 411 g/mol. The zero-order chi connectivity index (χ0) is 20.4. The summed E-state index contributed by atoms with van der Waals surface area (Å²) in [5.74, 6) is 1.39. The number of aryl methyl sites for hydroxylation is 1. The number of benzene rings is 2. The van der Waals surface area contributed by atoms with Crippen LogP contribution in [-0.4, -0.2) is 25.6 Å². The van der Waals surface area contributed by atoms with Gasteiger partial charge in [-0.2, -0.15) is 0 Å². The molecule has 2 aromatic carbocycles. The minimum absolute atomic E-state index is 0.0108. The Kier molecular flexibility index (Phi) is 5.26. The Bertz CT molecular complexity index is 1080. The number of nitrogens with zero attached hydrogens (tertiary/aromatic N) is 4. The van der Waals surface area contributed by atoms with Crippen molar-refractivity contribution >= 4 is 28.9 Å². The molecular weight excluding hydrogens is 394 g/mol. The molecule has 8 nitrogen and oxygen atoms in total. The molecule has 0 atom stereocenters. The third kappa shape index (κ3) is 3.97. The summed E-state index contributed by atoms with van der Waals surface area (Å²) in [4.78, 5) is 22.8. The third-order valence-electron chi connectivity index (χ3n) is 4.92. The van der Waals surface area contributed by atoms with E-state index in [2.05, 4.69) is 20.1 Å². The van der Waals surface area contributed by atoms with E-state index in [1.54, 1.807) is 12.1 Å². The van der Waals surface area contributed by atoms with E-state index >= 15 is 0 Å². The van der Waals surface area contributed by atoms with E-state index in [9.17, 15) is 14.9 Å². The third-order valence-corrected chi connectivity index (χ3v) is 5.24. The van der Waals surface area contributed by atoms with Crippen LogP contribution in [0.1, 0.15) is 35.4 Å². The molecule has 3 aromatic rings. The summed E-state index contributed by atoms with van der Waals surface area (Å²) < 4.78 is 2.16. The molecule has 0 bridgehead atoms. The maximum atomic E-state index is 12.4. The van der Waals surface area contributed by atoms with Gasteiger partial charge < -0.3 is 9.88 Å². The molecule has 0 saturated carbocycles. The van der Waals surface area contributed by atoms with Gasteiger partial charge in [-0.25, -0.2) is 0 Å². The molecule has 0 radical (unpaired) electrons.